The number of hydrogen-bond donors (Lipinski definition) is 0. The van der Waals surface area contributed by atoms with Gasteiger partial charge in [0, 0.05) is 17.8 Å². The van der Waals surface area contributed by atoms with Crippen molar-refractivity contribution >= 4 is 5.97 Å². The zero-order valence-electron chi connectivity index (χ0n) is 12.2. The predicted octanol–water partition coefficient (Wildman–Crippen LogP) is 4.08. The van der Waals surface area contributed by atoms with E-state index >= 15 is 0 Å². The van der Waals surface area contributed by atoms with Crippen molar-refractivity contribution in [2.24, 2.45) is 5.41 Å². The van der Waals surface area contributed by atoms with Crippen LogP contribution in [0.5, 0.6) is 0 Å². The van der Waals surface area contributed by atoms with Gasteiger partial charge in [-0.25, -0.2) is 0 Å². The average Bonchev–Trinajstić information content (AvgIpc) is 2.98. The lowest BCUT2D eigenvalue weighted by atomic mass is 9.91. The molecule has 1 aliphatic carbocycles. The first-order chi connectivity index (χ1) is 9.00. The van der Waals surface area contributed by atoms with Crippen molar-refractivity contribution in [1.29, 1.82) is 0 Å². The second-order valence-corrected chi connectivity index (χ2v) is 5.52. The normalized spacial score (nSPS) is 23.2. The maximum absolute atomic E-state index is 11.3. The van der Waals surface area contributed by atoms with Crippen LogP contribution in [0.2, 0.25) is 0 Å². The molecule has 0 fully saturated rings. The molecule has 0 amide bonds. The Bertz CT molecular complexity index is 501. The Hall–Kier alpha value is -1.57. The molecule has 2 heteroatoms. The second kappa shape index (κ2) is 5.20. The van der Waals surface area contributed by atoms with Crippen LogP contribution in [0.1, 0.15) is 45.6 Å². The van der Waals surface area contributed by atoms with Crippen molar-refractivity contribution < 1.29 is 9.53 Å². The van der Waals surface area contributed by atoms with E-state index in [1.54, 1.807) is 0 Å². The number of carbonyl (C=O) groups excluding carboxylic acids is 1. The molecule has 1 aliphatic rings. The summed E-state index contributed by atoms with van der Waals surface area (Å²) in [5.41, 5.74) is 4.08. The maximum Gasteiger partial charge on any atom is 0.305 e. The summed E-state index contributed by atoms with van der Waals surface area (Å²) in [5.74, 6) is 0.277. The zero-order chi connectivity index (χ0) is 14.0. The van der Waals surface area contributed by atoms with E-state index in [2.05, 4.69) is 45.0 Å². The van der Waals surface area contributed by atoms with Gasteiger partial charge in [0.2, 0.25) is 0 Å². The summed E-state index contributed by atoms with van der Waals surface area (Å²) in [6.45, 7) is 8.85. The molecule has 0 heterocycles. The fourth-order valence-corrected chi connectivity index (χ4v) is 2.84. The Morgan fingerprint density at radius 1 is 1.32 bits per heavy atom. The van der Waals surface area contributed by atoms with Gasteiger partial charge in [-0.1, -0.05) is 49.8 Å². The SMILES string of the molecule is CCC(=O)OC[C@]1(C)C(C)=C1[C@H](C)c1ccccc1. The van der Waals surface area contributed by atoms with Crippen molar-refractivity contribution in [2.75, 3.05) is 6.61 Å². The van der Waals surface area contributed by atoms with Crippen LogP contribution in [0.25, 0.3) is 0 Å². The molecule has 102 valence electrons. The Labute approximate surface area is 115 Å². The number of ether oxygens (including phenoxy) is 1. The van der Waals surface area contributed by atoms with E-state index in [0.717, 1.165) is 0 Å². The molecule has 0 saturated heterocycles. The molecule has 0 aliphatic heterocycles. The predicted molar refractivity (Wildman–Crippen MR) is 76.9 cm³/mol. The summed E-state index contributed by atoms with van der Waals surface area (Å²) in [6, 6.07) is 10.5. The van der Waals surface area contributed by atoms with Crippen LogP contribution in [0, 0.1) is 5.41 Å². The first-order valence-corrected chi connectivity index (χ1v) is 6.93. The summed E-state index contributed by atoms with van der Waals surface area (Å²) >= 11 is 0. The fourth-order valence-electron chi connectivity index (χ4n) is 2.84. The lowest BCUT2D eigenvalue weighted by molar-refractivity contribution is -0.144. The van der Waals surface area contributed by atoms with Crippen LogP contribution in [-0.2, 0) is 9.53 Å². The molecule has 0 unspecified atom stereocenters. The largest absolute Gasteiger partial charge is 0.464 e. The van der Waals surface area contributed by atoms with E-state index in [-0.39, 0.29) is 11.4 Å². The summed E-state index contributed by atoms with van der Waals surface area (Å²) in [5, 5.41) is 0. The number of hydrogen-bond acceptors (Lipinski definition) is 2. The average molecular weight is 258 g/mol. The van der Waals surface area contributed by atoms with Gasteiger partial charge < -0.3 is 4.74 Å². The summed E-state index contributed by atoms with van der Waals surface area (Å²) < 4.78 is 5.32. The van der Waals surface area contributed by atoms with E-state index in [1.165, 1.54) is 16.7 Å². The van der Waals surface area contributed by atoms with Gasteiger partial charge in [0.1, 0.15) is 6.61 Å². The number of benzene rings is 1. The molecule has 2 nitrogen and oxygen atoms in total. The molecule has 0 aromatic heterocycles. The summed E-state index contributed by atoms with van der Waals surface area (Å²) in [4.78, 5) is 11.3. The molecule has 0 N–H and O–H groups in total. The van der Waals surface area contributed by atoms with Crippen LogP contribution in [0.3, 0.4) is 0 Å². The highest BCUT2D eigenvalue weighted by Gasteiger charge is 2.49. The minimum absolute atomic E-state index is 0.0277. The molecular formula is C17H22O2. The van der Waals surface area contributed by atoms with Crippen LogP contribution < -0.4 is 0 Å². The Kier molecular flexibility index (Phi) is 3.79. The molecule has 1 aromatic carbocycles. The highest BCUT2D eigenvalue weighted by atomic mass is 16.5. The quantitative estimate of drug-likeness (QED) is 0.587. The van der Waals surface area contributed by atoms with Gasteiger partial charge in [0.25, 0.3) is 0 Å². The smallest absolute Gasteiger partial charge is 0.305 e. The first kappa shape index (κ1) is 13.9. The van der Waals surface area contributed by atoms with E-state index < -0.39 is 0 Å². The number of rotatable bonds is 5. The minimum atomic E-state index is -0.118. The molecule has 0 spiro atoms. The van der Waals surface area contributed by atoms with Gasteiger partial charge >= 0.3 is 5.97 Å². The minimum Gasteiger partial charge on any atom is -0.464 e. The summed E-state index contributed by atoms with van der Waals surface area (Å²) in [7, 11) is 0. The Morgan fingerprint density at radius 3 is 2.53 bits per heavy atom. The lowest BCUT2D eigenvalue weighted by Gasteiger charge is -2.18. The lowest BCUT2D eigenvalue weighted by Crippen LogP contribution is -2.16. The third-order valence-corrected chi connectivity index (χ3v) is 4.31. The van der Waals surface area contributed by atoms with Gasteiger partial charge in [-0.3, -0.25) is 4.79 Å². The molecule has 0 radical (unpaired) electrons. The van der Waals surface area contributed by atoms with E-state index in [4.69, 9.17) is 4.74 Å². The van der Waals surface area contributed by atoms with Gasteiger partial charge in [0.15, 0.2) is 0 Å². The van der Waals surface area contributed by atoms with Gasteiger partial charge in [-0.15, -0.1) is 0 Å². The van der Waals surface area contributed by atoms with Crippen LogP contribution in [0.15, 0.2) is 41.5 Å². The number of carbonyl (C=O) groups is 1. The van der Waals surface area contributed by atoms with E-state index in [0.29, 0.717) is 18.9 Å². The van der Waals surface area contributed by atoms with Crippen molar-refractivity contribution in [3.8, 4) is 0 Å². The van der Waals surface area contributed by atoms with E-state index in [9.17, 15) is 4.79 Å². The van der Waals surface area contributed by atoms with E-state index in [1.807, 2.05) is 13.0 Å². The monoisotopic (exact) mass is 258 g/mol. The van der Waals surface area contributed by atoms with Crippen molar-refractivity contribution in [2.45, 2.75) is 40.0 Å². The Morgan fingerprint density at radius 2 is 1.95 bits per heavy atom. The van der Waals surface area contributed by atoms with Crippen LogP contribution in [-0.4, -0.2) is 12.6 Å². The molecular weight excluding hydrogens is 236 g/mol. The second-order valence-electron chi connectivity index (χ2n) is 5.52. The number of esters is 1. The third kappa shape index (κ3) is 2.58. The molecule has 0 saturated carbocycles. The van der Waals surface area contributed by atoms with Gasteiger partial charge in [0.05, 0.1) is 0 Å². The van der Waals surface area contributed by atoms with Crippen molar-refractivity contribution in [3.63, 3.8) is 0 Å². The highest BCUT2D eigenvalue weighted by Crippen LogP contribution is 2.58. The summed E-state index contributed by atoms with van der Waals surface area (Å²) in [6.07, 6.45) is 0.443. The van der Waals surface area contributed by atoms with Crippen molar-refractivity contribution in [1.82, 2.24) is 0 Å². The van der Waals surface area contributed by atoms with Crippen molar-refractivity contribution in [3.05, 3.63) is 47.0 Å². The molecule has 0 bridgehead atoms. The molecule has 2 atom stereocenters. The van der Waals surface area contributed by atoms with Crippen LogP contribution >= 0.6 is 0 Å². The molecule has 2 rings (SSSR count). The van der Waals surface area contributed by atoms with Crippen LogP contribution in [0.4, 0.5) is 0 Å². The standard InChI is InChI=1S/C17H22O2/c1-5-15(18)19-11-17(4)13(3)16(17)12(2)14-9-7-6-8-10-14/h6-10,12H,5,11H2,1-4H3/t12-,17-/m1/s1. The zero-order valence-corrected chi connectivity index (χ0v) is 12.2. The Balaban J connectivity index is 2.04. The highest BCUT2D eigenvalue weighted by molar-refractivity contribution is 5.69. The van der Waals surface area contributed by atoms with Gasteiger partial charge in [-0.05, 0) is 25.0 Å². The first-order valence-electron chi connectivity index (χ1n) is 6.93. The molecule has 19 heavy (non-hydrogen) atoms. The maximum atomic E-state index is 11.3. The molecule has 1 aromatic rings. The van der Waals surface area contributed by atoms with Gasteiger partial charge in [-0.2, -0.15) is 0 Å². The third-order valence-electron chi connectivity index (χ3n) is 4.31. The topological polar surface area (TPSA) is 26.3 Å². The fraction of sp³-hybridized carbons (Fsp3) is 0.471.